The van der Waals surface area contributed by atoms with Gasteiger partial charge in [-0.25, -0.2) is 4.79 Å². The zero-order valence-corrected chi connectivity index (χ0v) is 15.6. The number of aliphatic carboxylic acids is 1. The lowest BCUT2D eigenvalue weighted by Gasteiger charge is -2.31. The van der Waals surface area contributed by atoms with Crippen LogP contribution < -0.4 is 10.9 Å². The maximum absolute atomic E-state index is 12.2. The molecule has 1 aliphatic rings. The number of morpholine rings is 1. The third-order valence-electron chi connectivity index (χ3n) is 4.22. The molecule has 1 fully saturated rings. The summed E-state index contributed by atoms with van der Waals surface area (Å²) in [5.74, 6) is -2.92. The van der Waals surface area contributed by atoms with E-state index in [1.54, 1.807) is 0 Å². The van der Waals surface area contributed by atoms with Crippen molar-refractivity contribution in [3.05, 3.63) is 35.9 Å². The van der Waals surface area contributed by atoms with Crippen LogP contribution in [0.25, 0.3) is 0 Å². The first-order valence-corrected chi connectivity index (χ1v) is 8.62. The predicted octanol–water partition coefficient (Wildman–Crippen LogP) is 0.282. The summed E-state index contributed by atoms with van der Waals surface area (Å²) in [6.07, 6.45) is -1.60. The second-order valence-corrected chi connectivity index (χ2v) is 6.72. The fraction of sp³-hybridized carbons (Fsp3) is 0.444. The molecular weight excluding hydrogens is 370 g/mol. The Morgan fingerprint density at radius 3 is 2.54 bits per heavy atom. The van der Waals surface area contributed by atoms with Crippen molar-refractivity contribution in [3.8, 4) is 0 Å². The average Bonchev–Trinajstić information content (AvgIpc) is 2.70. The lowest BCUT2D eigenvalue weighted by Crippen LogP contribution is -2.57. The maximum atomic E-state index is 12.2. The molecule has 0 bridgehead atoms. The van der Waals surface area contributed by atoms with Gasteiger partial charge in [0.1, 0.15) is 12.0 Å². The third-order valence-corrected chi connectivity index (χ3v) is 4.22. The van der Waals surface area contributed by atoms with Gasteiger partial charge in [-0.15, -0.1) is 0 Å². The zero-order chi connectivity index (χ0) is 20.7. The van der Waals surface area contributed by atoms with Gasteiger partial charge in [0.15, 0.2) is 6.10 Å². The van der Waals surface area contributed by atoms with Gasteiger partial charge in [-0.1, -0.05) is 30.3 Å². The Hall–Kier alpha value is -3.14. The highest BCUT2D eigenvalue weighted by molar-refractivity contribution is 6.01. The summed E-state index contributed by atoms with van der Waals surface area (Å²) in [5, 5.41) is 9.00. The van der Waals surface area contributed by atoms with E-state index in [0.29, 0.717) is 0 Å². The number of carboxylic acids is 1. The molecule has 1 aromatic rings. The van der Waals surface area contributed by atoms with Crippen molar-refractivity contribution in [2.75, 3.05) is 19.7 Å². The van der Waals surface area contributed by atoms with Gasteiger partial charge in [-0.05, 0) is 19.4 Å². The number of carbonyl (C=O) groups excluding carboxylic acids is 3. The van der Waals surface area contributed by atoms with Crippen LogP contribution >= 0.6 is 0 Å². The number of rotatable bonds is 5. The first-order chi connectivity index (χ1) is 13.2. The molecule has 28 heavy (non-hydrogen) atoms. The molecule has 0 spiro atoms. The van der Waals surface area contributed by atoms with Gasteiger partial charge in [0, 0.05) is 6.54 Å². The Labute approximate surface area is 161 Å². The molecule has 1 unspecified atom stereocenters. The molecule has 1 heterocycles. The Balaban J connectivity index is 1.83. The fourth-order valence-corrected chi connectivity index (χ4v) is 2.24. The van der Waals surface area contributed by atoms with Crippen LogP contribution in [-0.4, -0.2) is 59.7 Å². The number of hydrazine groups is 1. The number of nitrogens with zero attached hydrogens (tertiary/aromatic N) is 1. The Kier molecular flexibility index (Phi) is 6.94. The molecule has 1 aliphatic heterocycles. The van der Waals surface area contributed by atoms with Crippen LogP contribution in [0.2, 0.25) is 0 Å². The van der Waals surface area contributed by atoms with Crippen LogP contribution in [0.4, 0.5) is 4.79 Å². The molecule has 0 aliphatic carbocycles. The van der Waals surface area contributed by atoms with Gasteiger partial charge < -0.3 is 19.5 Å². The highest BCUT2D eigenvalue weighted by Crippen LogP contribution is 2.14. The number of nitrogens with one attached hydrogen (secondary N) is 2. The molecule has 0 saturated carbocycles. The molecule has 1 atom stereocenters. The topological polar surface area (TPSA) is 134 Å². The van der Waals surface area contributed by atoms with Crippen molar-refractivity contribution in [3.63, 3.8) is 0 Å². The number of carboxylic acid groups (broad SMARTS) is 1. The highest BCUT2D eigenvalue weighted by Gasteiger charge is 2.37. The summed E-state index contributed by atoms with van der Waals surface area (Å²) in [6, 6.07) is 9.16. The summed E-state index contributed by atoms with van der Waals surface area (Å²) < 4.78 is 10.5. The highest BCUT2D eigenvalue weighted by atomic mass is 16.6. The van der Waals surface area contributed by atoms with E-state index in [1.807, 2.05) is 30.3 Å². The van der Waals surface area contributed by atoms with Crippen molar-refractivity contribution < 1.29 is 33.8 Å². The van der Waals surface area contributed by atoms with E-state index in [1.165, 1.54) is 18.7 Å². The fourth-order valence-electron chi connectivity index (χ4n) is 2.24. The van der Waals surface area contributed by atoms with Gasteiger partial charge in [0.2, 0.25) is 0 Å². The van der Waals surface area contributed by atoms with E-state index < -0.39 is 35.4 Å². The predicted molar refractivity (Wildman–Crippen MR) is 95.6 cm³/mol. The SMILES string of the molecule is CC(C)(C(=O)O)C(=O)NNC(=O)C1CN(C(=O)OCc2ccccc2)CCO1. The van der Waals surface area contributed by atoms with Crippen molar-refractivity contribution in [1.29, 1.82) is 0 Å². The van der Waals surface area contributed by atoms with Crippen molar-refractivity contribution in [2.45, 2.75) is 26.6 Å². The molecular formula is C18H23N3O7. The molecule has 1 saturated heterocycles. The number of benzene rings is 1. The number of carbonyl (C=O) groups is 4. The van der Waals surface area contributed by atoms with E-state index in [0.717, 1.165) is 5.56 Å². The molecule has 3 amide bonds. The summed E-state index contributed by atoms with van der Waals surface area (Å²) >= 11 is 0. The van der Waals surface area contributed by atoms with Crippen molar-refractivity contribution in [2.24, 2.45) is 5.41 Å². The van der Waals surface area contributed by atoms with Gasteiger partial charge in [0.25, 0.3) is 11.8 Å². The summed E-state index contributed by atoms with van der Waals surface area (Å²) in [7, 11) is 0. The molecule has 1 aromatic carbocycles. The van der Waals surface area contributed by atoms with Crippen LogP contribution in [0.15, 0.2) is 30.3 Å². The van der Waals surface area contributed by atoms with Crippen molar-refractivity contribution >= 4 is 23.9 Å². The molecule has 0 radical (unpaired) electrons. The van der Waals surface area contributed by atoms with Crippen LogP contribution in [0, 0.1) is 5.41 Å². The van der Waals surface area contributed by atoms with Crippen LogP contribution in [-0.2, 0) is 30.5 Å². The second-order valence-electron chi connectivity index (χ2n) is 6.72. The summed E-state index contributed by atoms with van der Waals surface area (Å²) in [6.45, 7) is 2.84. The monoisotopic (exact) mass is 393 g/mol. The molecule has 152 valence electrons. The molecule has 0 aromatic heterocycles. The number of hydrogen-bond donors (Lipinski definition) is 3. The van der Waals surface area contributed by atoms with E-state index in [2.05, 4.69) is 10.9 Å². The summed E-state index contributed by atoms with van der Waals surface area (Å²) in [5.41, 5.74) is 3.30. The summed E-state index contributed by atoms with van der Waals surface area (Å²) in [4.78, 5) is 48.6. The minimum absolute atomic E-state index is 0.0579. The minimum atomic E-state index is -1.71. The smallest absolute Gasteiger partial charge is 0.410 e. The first kappa shape index (κ1) is 21.2. The Morgan fingerprint density at radius 1 is 1.21 bits per heavy atom. The normalized spacial score (nSPS) is 16.8. The van der Waals surface area contributed by atoms with Gasteiger partial charge in [0.05, 0.1) is 13.2 Å². The van der Waals surface area contributed by atoms with Gasteiger partial charge >= 0.3 is 12.1 Å². The van der Waals surface area contributed by atoms with Crippen LogP contribution in [0.5, 0.6) is 0 Å². The lowest BCUT2D eigenvalue weighted by atomic mass is 9.93. The Bertz CT molecular complexity index is 736. The average molecular weight is 393 g/mol. The maximum Gasteiger partial charge on any atom is 0.410 e. The van der Waals surface area contributed by atoms with E-state index in [-0.39, 0.29) is 26.3 Å². The largest absolute Gasteiger partial charge is 0.480 e. The number of ether oxygens (including phenoxy) is 2. The number of hydrogen-bond acceptors (Lipinski definition) is 6. The molecule has 10 nitrogen and oxygen atoms in total. The van der Waals surface area contributed by atoms with Crippen LogP contribution in [0.1, 0.15) is 19.4 Å². The Morgan fingerprint density at radius 2 is 1.89 bits per heavy atom. The second kappa shape index (κ2) is 9.18. The van der Waals surface area contributed by atoms with Gasteiger partial charge in [-0.2, -0.15) is 0 Å². The quantitative estimate of drug-likeness (QED) is 0.483. The number of amides is 3. The lowest BCUT2D eigenvalue weighted by molar-refractivity contribution is -0.155. The van der Waals surface area contributed by atoms with Crippen LogP contribution in [0.3, 0.4) is 0 Å². The molecule has 2 rings (SSSR count). The zero-order valence-electron chi connectivity index (χ0n) is 15.6. The van der Waals surface area contributed by atoms with E-state index >= 15 is 0 Å². The van der Waals surface area contributed by atoms with Crippen molar-refractivity contribution in [1.82, 2.24) is 15.8 Å². The minimum Gasteiger partial charge on any atom is -0.480 e. The van der Waals surface area contributed by atoms with E-state index in [9.17, 15) is 19.2 Å². The van der Waals surface area contributed by atoms with Gasteiger partial charge in [-0.3, -0.25) is 25.2 Å². The molecule has 10 heteroatoms. The first-order valence-electron chi connectivity index (χ1n) is 8.62. The molecule has 3 N–H and O–H groups in total. The third kappa shape index (κ3) is 5.43. The van der Waals surface area contributed by atoms with E-state index in [4.69, 9.17) is 14.6 Å². The standard InChI is InChI=1S/C18H23N3O7/c1-18(2,16(24)25)15(23)20-19-14(22)13-10-21(8-9-27-13)17(26)28-11-12-6-4-3-5-7-12/h3-7,13H,8-11H2,1-2H3,(H,19,22)(H,20,23)(H,24,25).